The number of carbonyl (C=O) groups is 1. The molecule has 0 aliphatic carbocycles. The van der Waals surface area contributed by atoms with Gasteiger partial charge in [0.25, 0.3) is 5.69 Å². The second kappa shape index (κ2) is 5.23. The molecule has 102 valence electrons. The minimum Gasteiger partial charge on any atom is -0.478 e. The molecule has 1 saturated heterocycles. The summed E-state index contributed by atoms with van der Waals surface area (Å²) in [6.45, 7) is 3.55. The topological polar surface area (TPSA) is 92.9 Å². The van der Waals surface area contributed by atoms with Crippen molar-refractivity contribution < 1.29 is 19.6 Å². The summed E-state index contributed by atoms with van der Waals surface area (Å²) in [6, 6.07) is 3.90. The van der Waals surface area contributed by atoms with Gasteiger partial charge in [0, 0.05) is 25.2 Å². The number of nitro benzene ring substituents is 1. The fourth-order valence-electron chi connectivity index (χ4n) is 2.12. The van der Waals surface area contributed by atoms with Crippen molar-refractivity contribution >= 4 is 17.3 Å². The Balaban J connectivity index is 2.38. The van der Waals surface area contributed by atoms with Crippen LogP contribution in [0.3, 0.4) is 0 Å². The molecule has 1 unspecified atom stereocenters. The predicted octanol–water partition coefficient (Wildman–Crippen LogP) is 1.52. The summed E-state index contributed by atoms with van der Waals surface area (Å²) >= 11 is 0. The summed E-state index contributed by atoms with van der Waals surface area (Å²) < 4.78 is 5.39. The molecule has 0 bridgehead atoms. The van der Waals surface area contributed by atoms with Crippen molar-refractivity contribution in [2.75, 3.05) is 24.6 Å². The van der Waals surface area contributed by atoms with Crippen LogP contribution in [0.1, 0.15) is 17.3 Å². The van der Waals surface area contributed by atoms with Gasteiger partial charge in [-0.3, -0.25) is 10.1 Å². The number of morpholine rings is 1. The van der Waals surface area contributed by atoms with E-state index in [4.69, 9.17) is 4.74 Å². The van der Waals surface area contributed by atoms with E-state index in [0.29, 0.717) is 25.4 Å². The number of non-ortho nitro benzene ring substituents is 1. The molecule has 0 radical (unpaired) electrons. The van der Waals surface area contributed by atoms with Gasteiger partial charge >= 0.3 is 5.97 Å². The molecule has 1 heterocycles. The lowest BCUT2D eigenvalue weighted by atomic mass is 10.1. The van der Waals surface area contributed by atoms with E-state index in [1.165, 1.54) is 12.1 Å². The van der Waals surface area contributed by atoms with Crippen molar-refractivity contribution in [2.45, 2.75) is 13.0 Å². The molecule has 7 heteroatoms. The summed E-state index contributed by atoms with van der Waals surface area (Å²) in [7, 11) is 0. The molecule has 0 saturated carbocycles. The van der Waals surface area contributed by atoms with E-state index in [1.807, 2.05) is 11.8 Å². The maximum Gasteiger partial charge on any atom is 0.338 e. The van der Waals surface area contributed by atoms with Crippen LogP contribution in [-0.4, -0.2) is 41.8 Å². The molecule has 1 N–H and O–H groups in total. The number of carboxylic acid groups (broad SMARTS) is 1. The van der Waals surface area contributed by atoms with E-state index >= 15 is 0 Å². The van der Waals surface area contributed by atoms with Crippen LogP contribution in [0.25, 0.3) is 0 Å². The number of aromatic carboxylic acids is 1. The minimum atomic E-state index is -1.17. The van der Waals surface area contributed by atoms with Gasteiger partial charge in [-0.15, -0.1) is 0 Å². The number of hydrogen-bond donors (Lipinski definition) is 1. The standard InChI is InChI=1S/C12H14N2O5/c1-8-7-13(4-5-19-8)11-3-2-9(14(17)18)6-10(11)12(15)16/h2-3,6,8H,4-5,7H2,1H3,(H,15,16). The zero-order valence-electron chi connectivity index (χ0n) is 10.4. The van der Waals surface area contributed by atoms with Crippen LogP contribution >= 0.6 is 0 Å². The van der Waals surface area contributed by atoms with Crippen LogP contribution < -0.4 is 4.90 Å². The highest BCUT2D eigenvalue weighted by Crippen LogP contribution is 2.27. The molecule has 1 aromatic rings. The molecule has 0 amide bonds. The van der Waals surface area contributed by atoms with Crippen LogP contribution in [0, 0.1) is 10.1 Å². The molecule has 7 nitrogen and oxygen atoms in total. The first-order valence-electron chi connectivity index (χ1n) is 5.87. The van der Waals surface area contributed by atoms with Crippen molar-refractivity contribution in [3.8, 4) is 0 Å². The average molecular weight is 266 g/mol. The molecule has 0 spiro atoms. The van der Waals surface area contributed by atoms with Gasteiger partial charge in [0.2, 0.25) is 0 Å². The lowest BCUT2D eigenvalue weighted by Crippen LogP contribution is -2.41. The van der Waals surface area contributed by atoms with Crippen molar-refractivity contribution in [3.05, 3.63) is 33.9 Å². The second-order valence-corrected chi connectivity index (χ2v) is 4.39. The van der Waals surface area contributed by atoms with Gasteiger partial charge in [-0.2, -0.15) is 0 Å². The van der Waals surface area contributed by atoms with Gasteiger partial charge in [-0.05, 0) is 13.0 Å². The first kappa shape index (κ1) is 13.3. The summed E-state index contributed by atoms with van der Waals surface area (Å²) in [5, 5.41) is 19.9. The van der Waals surface area contributed by atoms with Crippen molar-refractivity contribution in [2.24, 2.45) is 0 Å². The van der Waals surface area contributed by atoms with Gasteiger partial charge in [0.05, 0.1) is 28.9 Å². The van der Waals surface area contributed by atoms with Crippen LogP contribution in [-0.2, 0) is 4.74 Å². The van der Waals surface area contributed by atoms with Crippen LogP contribution in [0.5, 0.6) is 0 Å². The van der Waals surface area contributed by atoms with Crippen molar-refractivity contribution in [1.82, 2.24) is 0 Å². The Morgan fingerprint density at radius 2 is 2.32 bits per heavy atom. The number of carboxylic acids is 1. The molecule has 0 aromatic heterocycles. The number of ether oxygens (including phenoxy) is 1. The summed E-state index contributed by atoms with van der Waals surface area (Å²) in [5.74, 6) is -1.17. The Kier molecular flexibility index (Phi) is 3.66. The van der Waals surface area contributed by atoms with E-state index in [2.05, 4.69) is 0 Å². The minimum absolute atomic E-state index is 0.00517. The Morgan fingerprint density at radius 1 is 1.58 bits per heavy atom. The number of hydrogen-bond acceptors (Lipinski definition) is 5. The Morgan fingerprint density at radius 3 is 2.89 bits per heavy atom. The highest BCUT2D eigenvalue weighted by Gasteiger charge is 2.23. The largest absolute Gasteiger partial charge is 0.478 e. The first-order chi connectivity index (χ1) is 8.99. The fourth-order valence-corrected chi connectivity index (χ4v) is 2.12. The van der Waals surface area contributed by atoms with Gasteiger partial charge in [0.1, 0.15) is 0 Å². The second-order valence-electron chi connectivity index (χ2n) is 4.39. The van der Waals surface area contributed by atoms with Crippen molar-refractivity contribution in [3.63, 3.8) is 0 Å². The third-order valence-electron chi connectivity index (χ3n) is 3.00. The first-order valence-corrected chi connectivity index (χ1v) is 5.87. The number of benzene rings is 1. The maximum atomic E-state index is 11.2. The fraction of sp³-hybridized carbons (Fsp3) is 0.417. The third-order valence-corrected chi connectivity index (χ3v) is 3.00. The summed E-state index contributed by atoms with van der Waals surface area (Å²) in [4.78, 5) is 23.2. The van der Waals surface area contributed by atoms with Gasteiger partial charge in [-0.1, -0.05) is 0 Å². The molecule has 1 aliphatic heterocycles. The zero-order chi connectivity index (χ0) is 14.0. The lowest BCUT2D eigenvalue weighted by molar-refractivity contribution is -0.384. The molecule has 2 rings (SSSR count). The molecule has 1 fully saturated rings. The Bertz CT molecular complexity index is 517. The van der Waals surface area contributed by atoms with E-state index in [-0.39, 0.29) is 17.4 Å². The highest BCUT2D eigenvalue weighted by atomic mass is 16.6. The molecular weight excluding hydrogens is 252 g/mol. The van der Waals surface area contributed by atoms with Gasteiger partial charge in [0.15, 0.2) is 0 Å². The number of anilines is 1. The van der Waals surface area contributed by atoms with Gasteiger partial charge in [-0.25, -0.2) is 4.79 Å². The van der Waals surface area contributed by atoms with Crippen molar-refractivity contribution in [1.29, 1.82) is 0 Å². The Labute approximate surface area is 109 Å². The molecule has 19 heavy (non-hydrogen) atoms. The predicted molar refractivity (Wildman–Crippen MR) is 67.7 cm³/mol. The van der Waals surface area contributed by atoms with E-state index in [9.17, 15) is 20.0 Å². The smallest absolute Gasteiger partial charge is 0.338 e. The van der Waals surface area contributed by atoms with E-state index in [0.717, 1.165) is 6.07 Å². The SMILES string of the molecule is CC1CN(c2ccc([N+](=O)[O-])cc2C(=O)O)CCO1. The monoisotopic (exact) mass is 266 g/mol. The summed E-state index contributed by atoms with van der Waals surface area (Å²) in [6.07, 6.45) is 0.00517. The average Bonchev–Trinajstić information content (AvgIpc) is 2.37. The third kappa shape index (κ3) is 2.82. The van der Waals surface area contributed by atoms with Gasteiger partial charge < -0.3 is 14.7 Å². The maximum absolute atomic E-state index is 11.2. The normalized spacial score (nSPS) is 19.2. The van der Waals surface area contributed by atoms with E-state index in [1.54, 1.807) is 0 Å². The molecule has 1 aromatic carbocycles. The highest BCUT2D eigenvalue weighted by molar-refractivity contribution is 5.95. The molecular formula is C12H14N2O5. The number of nitro groups is 1. The molecule has 1 aliphatic rings. The Hall–Kier alpha value is -2.15. The quantitative estimate of drug-likeness (QED) is 0.658. The number of nitrogens with zero attached hydrogens (tertiary/aromatic N) is 2. The summed E-state index contributed by atoms with van der Waals surface area (Å²) in [5.41, 5.74) is 0.221. The molecule has 1 atom stereocenters. The zero-order valence-corrected chi connectivity index (χ0v) is 10.4. The lowest BCUT2D eigenvalue weighted by Gasteiger charge is -2.33. The van der Waals surface area contributed by atoms with Crippen LogP contribution in [0.2, 0.25) is 0 Å². The van der Waals surface area contributed by atoms with Crippen LogP contribution in [0.4, 0.5) is 11.4 Å². The number of rotatable bonds is 3. The van der Waals surface area contributed by atoms with Crippen LogP contribution in [0.15, 0.2) is 18.2 Å². The van der Waals surface area contributed by atoms with E-state index < -0.39 is 10.9 Å².